The van der Waals surface area contributed by atoms with Gasteiger partial charge in [-0.2, -0.15) is 0 Å². The van der Waals surface area contributed by atoms with Gasteiger partial charge in [-0.15, -0.1) is 0 Å². The van der Waals surface area contributed by atoms with Crippen molar-refractivity contribution in [3.05, 3.63) is 0 Å². The van der Waals surface area contributed by atoms with Gasteiger partial charge in [0, 0.05) is 0 Å². The normalized spacial score (nSPS) is 9.64. The lowest BCUT2D eigenvalue weighted by molar-refractivity contribution is -0.870. The summed E-state index contributed by atoms with van der Waals surface area (Å²) in [5, 5.41) is 8.67. The zero-order chi connectivity index (χ0) is 11.8. The lowest BCUT2D eigenvalue weighted by atomic mass is 10.5. The summed E-state index contributed by atoms with van der Waals surface area (Å²) in [7, 11) is 6.05. The second-order valence-corrected chi connectivity index (χ2v) is 3.50. The minimum Gasteiger partial charge on any atom is -0.530 e. The molecule has 0 aromatic rings. The molecule has 0 aromatic carbocycles. The van der Waals surface area contributed by atoms with Crippen LogP contribution in [0.5, 0.6) is 0 Å². The summed E-state index contributed by atoms with van der Waals surface area (Å²) in [5.41, 5.74) is 8.67. The highest BCUT2D eigenvalue weighted by Crippen LogP contribution is 1.88. The van der Waals surface area contributed by atoms with Gasteiger partial charge in [-0.1, -0.05) is 0 Å². The first kappa shape index (κ1) is 15.0. The molecule has 0 saturated carbocycles. The zero-order valence-corrected chi connectivity index (χ0v) is 8.65. The van der Waals surface area contributed by atoms with Crippen molar-refractivity contribution in [1.29, 1.82) is 0 Å². The Balaban J connectivity index is 0. The minimum atomic E-state index is -1.58. The van der Waals surface area contributed by atoms with Crippen LogP contribution in [-0.2, 0) is 4.74 Å². The predicted molar refractivity (Wildman–Crippen MR) is 48.0 cm³/mol. The maximum Gasteiger partial charge on any atom is 0.404 e. The van der Waals surface area contributed by atoms with Crippen LogP contribution >= 0.6 is 0 Å². The highest BCUT2D eigenvalue weighted by atomic mass is 16.5. The van der Waals surface area contributed by atoms with E-state index >= 15 is 0 Å². The Hall–Kier alpha value is -1.50. The number of carboxylic acid groups (broad SMARTS) is 1. The Kier molecular flexibility index (Phi) is 7.45. The van der Waals surface area contributed by atoms with Crippen LogP contribution < -0.4 is 16.6 Å². The molecule has 14 heavy (non-hydrogen) atoms. The molecule has 0 aromatic heterocycles. The predicted octanol–water partition coefficient (Wildman–Crippen LogP) is -1.92. The standard InChI is InChI=1S/C6H14N2O2.CH3NO2/c1-8(2,3)4-5-10-6(7)9;2-1(3)4/h4-5H2,1-3H3,(H-,7,9);2H2,(H,3,4). The number of hydrogen-bond acceptors (Lipinski definition) is 4. The molecule has 7 nitrogen and oxygen atoms in total. The molecule has 0 radical (unpaired) electrons. The summed E-state index contributed by atoms with van der Waals surface area (Å²) in [6.07, 6.45) is -2.28. The summed E-state index contributed by atoms with van der Waals surface area (Å²) >= 11 is 0. The molecule has 84 valence electrons. The fourth-order valence-electron chi connectivity index (χ4n) is 0.420. The van der Waals surface area contributed by atoms with Gasteiger partial charge >= 0.3 is 6.09 Å². The number of rotatable bonds is 3. The van der Waals surface area contributed by atoms with E-state index in [1.54, 1.807) is 0 Å². The Morgan fingerprint density at radius 1 is 1.29 bits per heavy atom. The number of quaternary nitrogens is 1. The summed E-state index contributed by atoms with van der Waals surface area (Å²) in [6.45, 7) is 1.17. The van der Waals surface area contributed by atoms with Crippen molar-refractivity contribution in [2.75, 3.05) is 34.3 Å². The number of nitrogens with two attached hydrogens (primary N) is 2. The number of nitrogens with zero attached hydrogens (tertiary/aromatic N) is 1. The molecule has 0 fully saturated rings. The van der Waals surface area contributed by atoms with Crippen molar-refractivity contribution >= 4 is 12.2 Å². The molecule has 0 atom stereocenters. The topological polar surface area (TPSA) is 118 Å². The summed E-state index contributed by atoms with van der Waals surface area (Å²) < 4.78 is 5.31. The molecule has 7 heteroatoms. The number of likely N-dealkylation sites (N-methyl/N-ethyl adjacent to an activating group) is 1. The number of primary amides is 2. The first-order chi connectivity index (χ1) is 6.15. The molecule has 0 saturated heterocycles. The van der Waals surface area contributed by atoms with Crippen molar-refractivity contribution in [2.24, 2.45) is 11.5 Å². The van der Waals surface area contributed by atoms with E-state index in [2.05, 4.69) is 10.5 Å². The van der Waals surface area contributed by atoms with Gasteiger partial charge in [0.15, 0.2) is 0 Å². The monoisotopic (exact) mass is 207 g/mol. The van der Waals surface area contributed by atoms with Crippen molar-refractivity contribution in [2.45, 2.75) is 0 Å². The molecule has 0 heterocycles. The number of carbonyl (C=O) groups is 2. The SMILES string of the molecule is C[N+](C)(C)CCOC(N)=O.NC(=O)[O-]. The van der Waals surface area contributed by atoms with Crippen LogP contribution in [0.3, 0.4) is 0 Å². The van der Waals surface area contributed by atoms with E-state index in [-0.39, 0.29) is 0 Å². The third kappa shape index (κ3) is 31.3. The second kappa shape index (κ2) is 6.96. The first-order valence-corrected chi connectivity index (χ1v) is 3.84. The lowest BCUT2D eigenvalue weighted by Crippen LogP contribution is -2.38. The van der Waals surface area contributed by atoms with Crippen LogP contribution in [0.15, 0.2) is 0 Å². The number of ether oxygens (including phenoxy) is 1. The van der Waals surface area contributed by atoms with Crippen LogP contribution in [-0.4, -0.2) is 51.0 Å². The molecular weight excluding hydrogens is 190 g/mol. The van der Waals surface area contributed by atoms with Gasteiger partial charge in [-0.3, -0.25) is 0 Å². The van der Waals surface area contributed by atoms with E-state index in [9.17, 15) is 4.79 Å². The van der Waals surface area contributed by atoms with Crippen LogP contribution in [0.25, 0.3) is 0 Å². The molecule has 4 N–H and O–H groups in total. The average molecular weight is 207 g/mol. The molecule has 0 aliphatic rings. The lowest BCUT2D eigenvalue weighted by Gasteiger charge is -2.22. The molecule has 0 rings (SSSR count). The van der Waals surface area contributed by atoms with Crippen molar-refractivity contribution in [3.8, 4) is 0 Å². The molecule has 0 bridgehead atoms. The highest BCUT2D eigenvalue weighted by Gasteiger charge is 2.06. The highest BCUT2D eigenvalue weighted by molar-refractivity contribution is 5.64. The van der Waals surface area contributed by atoms with Gasteiger partial charge in [-0.05, 0) is 0 Å². The third-order valence-corrected chi connectivity index (χ3v) is 1.01. The van der Waals surface area contributed by atoms with E-state index in [1.165, 1.54) is 0 Å². The maximum absolute atomic E-state index is 10.1. The second-order valence-electron chi connectivity index (χ2n) is 3.50. The third-order valence-electron chi connectivity index (χ3n) is 1.01. The molecule has 0 unspecified atom stereocenters. The van der Waals surface area contributed by atoms with E-state index < -0.39 is 12.2 Å². The molecule has 0 aliphatic carbocycles. The van der Waals surface area contributed by atoms with Gasteiger partial charge in [0.05, 0.1) is 21.1 Å². The Bertz CT molecular complexity index is 184. The van der Waals surface area contributed by atoms with E-state index in [4.69, 9.17) is 15.6 Å². The molecule has 0 aliphatic heterocycles. The summed E-state index contributed by atoms with van der Waals surface area (Å²) in [6, 6.07) is 0. The van der Waals surface area contributed by atoms with Gasteiger partial charge in [0.2, 0.25) is 0 Å². The molecular formula is C7H17N3O4. The summed E-state index contributed by atoms with van der Waals surface area (Å²) in [5.74, 6) is 0. The fourth-order valence-corrected chi connectivity index (χ4v) is 0.420. The van der Waals surface area contributed by atoms with Gasteiger partial charge in [-0.25, -0.2) is 4.79 Å². The fraction of sp³-hybridized carbons (Fsp3) is 0.714. The van der Waals surface area contributed by atoms with Gasteiger partial charge in [0.1, 0.15) is 19.2 Å². The van der Waals surface area contributed by atoms with Crippen LogP contribution in [0.1, 0.15) is 0 Å². The average Bonchev–Trinajstić information content (AvgIpc) is 1.80. The zero-order valence-electron chi connectivity index (χ0n) is 8.65. The van der Waals surface area contributed by atoms with Gasteiger partial charge in [0.25, 0.3) is 0 Å². The van der Waals surface area contributed by atoms with E-state index in [1.807, 2.05) is 21.1 Å². The Morgan fingerprint density at radius 2 is 1.64 bits per heavy atom. The van der Waals surface area contributed by atoms with Crippen molar-refractivity contribution < 1.29 is 23.9 Å². The number of amides is 2. The van der Waals surface area contributed by atoms with Crippen LogP contribution in [0, 0.1) is 0 Å². The Morgan fingerprint density at radius 3 is 1.86 bits per heavy atom. The largest absolute Gasteiger partial charge is 0.530 e. The number of hydrogen-bond donors (Lipinski definition) is 2. The summed E-state index contributed by atoms with van der Waals surface area (Å²) in [4.78, 5) is 18.7. The van der Waals surface area contributed by atoms with Crippen LogP contribution in [0.4, 0.5) is 9.59 Å². The minimum absolute atomic E-state index is 0.388. The Labute approximate surface area is 82.8 Å². The molecule has 0 spiro atoms. The maximum atomic E-state index is 10.1. The quantitative estimate of drug-likeness (QED) is 0.524. The van der Waals surface area contributed by atoms with Crippen LogP contribution in [0.2, 0.25) is 0 Å². The van der Waals surface area contributed by atoms with Crippen molar-refractivity contribution in [1.82, 2.24) is 0 Å². The smallest absolute Gasteiger partial charge is 0.404 e. The van der Waals surface area contributed by atoms with E-state index in [0.717, 1.165) is 11.0 Å². The van der Waals surface area contributed by atoms with E-state index in [0.29, 0.717) is 6.61 Å². The first-order valence-electron chi connectivity index (χ1n) is 3.84. The van der Waals surface area contributed by atoms with Gasteiger partial charge < -0.3 is 30.6 Å². The number of carbonyl (C=O) groups excluding carboxylic acids is 2. The molecule has 2 amide bonds. The van der Waals surface area contributed by atoms with Crippen molar-refractivity contribution in [3.63, 3.8) is 0 Å².